The van der Waals surface area contributed by atoms with E-state index in [1.54, 1.807) is 0 Å². The molecule has 0 fully saturated rings. The number of hydrogen-bond acceptors (Lipinski definition) is 2. The summed E-state index contributed by atoms with van der Waals surface area (Å²) in [6.07, 6.45) is 0. The van der Waals surface area contributed by atoms with Gasteiger partial charge in [0.15, 0.2) is 0 Å². The number of halogens is 3. The Morgan fingerprint density at radius 1 is 0.800 bits per heavy atom. The van der Waals surface area contributed by atoms with Gasteiger partial charge in [-0.3, -0.25) is 0 Å². The first kappa shape index (κ1) is 18.3. The monoisotopic (exact) mass is 479 g/mol. The van der Waals surface area contributed by atoms with Crippen LogP contribution in [0.15, 0.2) is 75.7 Å². The van der Waals surface area contributed by atoms with Crippen LogP contribution >= 0.6 is 43.5 Å². The first-order valence-corrected chi connectivity index (χ1v) is 9.72. The van der Waals surface area contributed by atoms with Crippen LogP contribution in [0.5, 0.6) is 5.75 Å². The molecule has 0 aromatic heterocycles. The third-order valence-corrected chi connectivity index (χ3v) is 5.00. The number of anilines is 1. The van der Waals surface area contributed by atoms with E-state index in [1.807, 2.05) is 66.7 Å². The third-order valence-electron chi connectivity index (χ3n) is 3.64. The highest BCUT2D eigenvalue weighted by atomic mass is 79.9. The predicted molar refractivity (Wildman–Crippen MR) is 111 cm³/mol. The molecule has 0 heterocycles. The molecule has 0 radical (unpaired) electrons. The molecule has 0 saturated carbocycles. The van der Waals surface area contributed by atoms with Crippen molar-refractivity contribution in [3.05, 3.63) is 91.8 Å². The van der Waals surface area contributed by atoms with Gasteiger partial charge in [0.1, 0.15) is 12.4 Å². The summed E-state index contributed by atoms with van der Waals surface area (Å²) in [4.78, 5) is 0. The fourth-order valence-corrected chi connectivity index (χ4v) is 3.07. The summed E-state index contributed by atoms with van der Waals surface area (Å²) in [5.41, 5.74) is 3.26. The number of hydrogen-bond donors (Lipinski definition) is 1. The van der Waals surface area contributed by atoms with Crippen LogP contribution in [-0.2, 0) is 13.2 Å². The summed E-state index contributed by atoms with van der Waals surface area (Å²) in [6.45, 7) is 1.19. The van der Waals surface area contributed by atoms with Gasteiger partial charge in [-0.1, -0.05) is 61.7 Å². The van der Waals surface area contributed by atoms with Crippen LogP contribution in [0.2, 0.25) is 5.02 Å². The van der Waals surface area contributed by atoms with Crippen molar-refractivity contribution in [1.29, 1.82) is 0 Å². The minimum atomic E-state index is 0.490. The highest BCUT2D eigenvalue weighted by molar-refractivity contribution is 9.10. The van der Waals surface area contributed by atoms with Crippen molar-refractivity contribution in [3.63, 3.8) is 0 Å². The van der Waals surface area contributed by atoms with Gasteiger partial charge in [-0.2, -0.15) is 0 Å². The van der Waals surface area contributed by atoms with E-state index in [4.69, 9.17) is 16.3 Å². The fraction of sp³-hybridized carbons (Fsp3) is 0.100. The lowest BCUT2D eigenvalue weighted by atomic mass is 10.2. The maximum absolute atomic E-state index is 6.36. The van der Waals surface area contributed by atoms with Crippen LogP contribution in [0, 0.1) is 0 Å². The van der Waals surface area contributed by atoms with Crippen LogP contribution in [-0.4, -0.2) is 0 Å². The van der Waals surface area contributed by atoms with Gasteiger partial charge in [0, 0.05) is 21.2 Å². The Hall–Kier alpha value is -1.49. The average Bonchev–Trinajstić information content (AvgIpc) is 2.62. The molecule has 3 aromatic carbocycles. The van der Waals surface area contributed by atoms with Gasteiger partial charge in [0.25, 0.3) is 0 Å². The van der Waals surface area contributed by atoms with E-state index in [9.17, 15) is 0 Å². The molecule has 0 atom stereocenters. The maximum atomic E-state index is 6.36. The molecule has 0 aliphatic heterocycles. The molecule has 0 aliphatic rings. The molecule has 3 rings (SSSR count). The highest BCUT2D eigenvalue weighted by Gasteiger charge is 2.04. The van der Waals surface area contributed by atoms with Gasteiger partial charge >= 0.3 is 0 Å². The molecule has 25 heavy (non-hydrogen) atoms. The van der Waals surface area contributed by atoms with Crippen molar-refractivity contribution >= 4 is 49.1 Å². The molecule has 3 aromatic rings. The van der Waals surface area contributed by atoms with E-state index >= 15 is 0 Å². The van der Waals surface area contributed by atoms with Crippen molar-refractivity contribution in [2.75, 3.05) is 5.32 Å². The number of benzene rings is 3. The number of nitrogens with one attached hydrogen (secondary N) is 1. The predicted octanol–water partition coefficient (Wildman–Crippen LogP) is 7.06. The topological polar surface area (TPSA) is 21.3 Å². The van der Waals surface area contributed by atoms with Crippen molar-refractivity contribution in [3.8, 4) is 5.75 Å². The zero-order valence-corrected chi connectivity index (χ0v) is 17.2. The molecule has 0 unspecified atom stereocenters. The lowest BCUT2D eigenvalue weighted by molar-refractivity contribution is 0.306. The van der Waals surface area contributed by atoms with Crippen molar-refractivity contribution in [2.45, 2.75) is 13.2 Å². The first-order valence-electron chi connectivity index (χ1n) is 7.75. The first-order chi connectivity index (χ1) is 12.1. The van der Waals surface area contributed by atoms with Gasteiger partial charge < -0.3 is 10.1 Å². The Balaban J connectivity index is 1.58. The summed E-state index contributed by atoms with van der Waals surface area (Å²) in [7, 11) is 0. The molecule has 128 valence electrons. The van der Waals surface area contributed by atoms with Crippen LogP contribution in [0.4, 0.5) is 5.69 Å². The molecule has 1 N–H and O–H groups in total. The minimum Gasteiger partial charge on any atom is -0.487 e. The van der Waals surface area contributed by atoms with Gasteiger partial charge in [-0.05, 0) is 59.7 Å². The van der Waals surface area contributed by atoms with E-state index in [-0.39, 0.29) is 0 Å². The molecule has 0 aliphatic carbocycles. The molecule has 0 saturated heterocycles. The van der Waals surface area contributed by atoms with Crippen molar-refractivity contribution in [2.24, 2.45) is 0 Å². The molecular formula is C20H16Br2ClNO. The SMILES string of the molecule is Clc1cc(CNc2ccc(Br)cc2)ccc1OCc1ccc(Br)cc1. The lowest BCUT2D eigenvalue weighted by Crippen LogP contribution is -2.00. The Labute approximate surface area is 169 Å². The second-order valence-corrected chi connectivity index (χ2v) is 7.78. The van der Waals surface area contributed by atoms with Gasteiger partial charge in [0.05, 0.1) is 5.02 Å². The quantitative estimate of drug-likeness (QED) is 0.407. The van der Waals surface area contributed by atoms with Crippen LogP contribution < -0.4 is 10.1 Å². The Morgan fingerprint density at radius 3 is 2.04 bits per heavy atom. The Kier molecular flexibility index (Phi) is 6.40. The summed E-state index contributed by atoms with van der Waals surface area (Å²) < 4.78 is 7.94. The molecule has 5 heteroatoms. The molecule has 0 spiro atoms. The summed E-state index contributed by atoms with van der Waals surface area (Å²) in [5.74, 6) is 0.692. The minimum absolute atomic E-state index is 0.490. The number of ether oxygens (including phenoxy) is 1. The van der Waals surface area contributed by atoms with Gasteiger partial charge in [-0.15, -0.1) is 0 Å². The van der Waals surface area contributed by atoms with Crippen LogP contribution in [0.25, 0.3) is 0 Å². The molecule has 0 amide bonds. The molecule has 0 bridgehead atoms. The highest BCUT2D eigenvalue weighted by Crippen LogP contribution is 2.27. The van der Waals surface area contributed by atoms with E-state index in [1.165, 1.54) is 0 Å². The summed E-state index contributed by atoms with van der Waals surface area (Å²) in [5, 5.41) is 3.99. The average molecular weight is 482 g/mol. The lowest BCUT2D eigenvalue weighted by Gasteiger charge is -2.11. The standard InChI is InChI=1S/C20H16Br2ClNO/c21-16-4-1-14(2-5-16)13-25-20-10-3-15(11-19(20)23)12-24-18-8-6-17(22)7-9-18/h1-11,24H,12-13H2. The van der Waals surface area contributed by atoms with E-state index < -0.39 is 0 Å². The smallest absolute Gasteiger partial charge is 0.138 e. The summed E-state index contributed by atoms with van der Waals surface area (Å²) in [6, 6.07) is 22.0. The van der Waals surface area contributed by atoms with Gasteiger partial charge in [0.2, 0.25) is 0 Å². The maximum Gasteiger partial charge on any atom is 0.138 e. The Bertz CT molecular complexity index is 835. The van der Waals surface area contributed by atoms with Crippen molar-refractivity contribution in [1.82, 2.24) is 0 Å². The van der Waals surface area contributed by atoms with Crippen molar-refractivity contribution < 1.29 is 4.74 Å². The fourth-order valence-electron chi connectivity index (χ4n) is 2.28. The number of rotatable bonds is 6. The largest absolute Gasteiger partial charge is 0.487 e. The van der Waals surface area contributed by atoms with E-state index in [0.29, 0.717) is 23.9 Å². The Morgan fingerprint density at radius 2 is 1.40 bits per heavy atom. The van der Waals surface area contributed by atoms with Crippen LogP contribution in [0.3, 0.4) is 0 Å². The van der Waals surface area contributed by atoms with E-state index in [0.717, 1.165) is 25.8 Å². The van der Waals surface area contributed by atoms with Gasteiger partial charge in [-0.25, -0.2) is 0 Å². The normalized spacial score (nSPS) is 10.5. The molecular weight excluding hydrogens is 465 g/mol. The summed E-state index contributed by atoms with van der Waals surface area (Å²) >= 11 is 13.2. The van der Waals surface area contributed by atoms with E-state index in [2.05, 4.69) is 37.2 Å². The zero-order valence-electron chi connectivity index (χ0n) is 13.3. The second kappa shape index (κ2) is 8.75. The molecule has 2 nitrogen and oxygen atoms in total. The van der Waals surface area contributed by atoms with Crippen LogP contribution in [0.1, 0.15) is 11.1 Å². The third kappa shape index (κ3) is 5.50. The zero-order chi connectivity index (χ0) is 17.6. The second-order valence-electron chi connectivity index (χ2n) is 5.54.